The van der Waals surface area contributed by atoms with Crippen LogP contribution in [0.4, 0.5) is 0 Å². The summed E-state index contributed by atoms with van der Waals surface area (Å²) in [6, 6.07) is 48.5. The van der Waals surface area contributed by atoms with Crippen molar-refractivity contribution in [3.05, 3.63) is 145 Å². The van der Waals surface area contributed by atoms with Crippen molar-refractivity contribution < 1.29 is 9.47 Å². The monoisotopic (exact) mass is 675 g/mol. The summed E-state index contributed by atoms with van der Waals surface area (Å²) in [5, 5.41) is 8.47. The van der Waals surface area contributed by atoms with Crippen LogP contribution in [-0.4, -0.2) is 31.2 Å². The van der Waals surface area contributed by atoms with E-state index in [9.17, 15) is 0 Å². The Morgan fingerprint density at radius 1 is 0.617 bits per heavy atom. The van der Waals surface area contributed by atoms with Gasteiger partial charge in [-0.2, -0.15) is 0 Å². The van der Waals surface area contributed by atoms with Gasteiger partial charge in [-0.3, -0.25) is 0 Å². The highest BCUT2D eigenvalue weighted by Gasteiger charge is 2.52. The van der Waals surface area contributed by atoms with Crippen LogP contribution in [0.25, 0.3) is 0 Å². The van der Waals surface area contributed by atoms with Gasteiger partial charge in [-0.05, 0) is 107 Å². The van der Waals surface area contributed by atoms with Crippen molar-refractivity contribution in [2.24, 2.45) is 0 Å². The minimum atomic E-state index is -1.32. The number of benzene rings is 5. The minimum absolute atomic E-state index is 0.481. The van der Waals surface area contributed by atoms with Gasteiger partial charge in [0.25, 0.3) is 0 Å². The Morgan fingerprint density at radius 3 is 1.74 bits per heavy atom. The summed E-state index contributed by atoms with van der Waals surface area (Å²) in [5.74, 6) is 4.08. The van der Waals surface area contributed by atoms with Gasteiger partial charge in [0.1, 0.15) is 30.0 Å². The van der Waals surface area contributed by atoms with Crippen LogP contribution < -0.4 is 41.3 Å². The minimum Gasteiger partial charge on any atom is -0.490 e. The van der Waals surface area contributed by atoms with Gasteiger partial charge in [-0.1, -0.05) is 109 Å². The average molecular weight is 676 g/mol. The van der Waals surface area contributed by atoms with Gasteiger partial charge in [0, 0.05) is 5.30 Å². The smallest absolute Gasteiger partial charge is 0.122 e. The Labute approximate surface area is 285 Å². The normalized spacial score (nSPS) is 18.6. The van der Waals surface area contributed by atoms with Crippen LogP contribution in [0, 0.1) is 0 Å². The van der Waals surface area contributed by atoms with Gasteiger partial charge >= 0.3 is 0 Å². The zero-order valence-corrected chi connectivity index (χ0v) is 30.7. The Balaban J connectivity index is 1.20. The second-order valence-electron chi connectivity index (χ2n) is 12.5. The molecule has 0 radical (unpaired) electrons. The quantitative estimate of drug-likeness (QED) is 0.0974. The number of hydrogen-bond acceptors (Lipinski definition) is 2. The van der Waals surface area contributed by atoms with Gasteiger partial charge in [-0.25, -0.2) is 0 Å². The lowest BCUT2D eigenvalue weighted by Crippen LogP contribution is -2.36. The molecule has 6 rings (SSSR count). The molecule has 4 atom stereocenters. The summed E-state index contributed by atoms with van der Waals surface area (Å²) < 4.78 is 12.6. The predicted octanol–water partition coefficient (Wildman–Crippen LogP) is 8.71. The topological polar surface area (TPSA) is 18.5 Å². The number of ether oxygens (including phenoxy) is 2. The highest BCUT2D eigenvalue weighted by atomic mass is 31.2. The Bertz CT molecular complexity index is 1760. The van der Waals surface area contributed by atoms with Crippen LogP contribution in [0.2, 0.25) is 0 Å². The fourth-order valence-corrected chi connectivity index (χ4v) is 16.2. The maximum absolute atomic E-state index is 6.35. The van der Waals surface area contributed by atoms with Crippen molar-refractivity contribution in [1.29, 1.82) is 0 Å². The van der Waals surface area contributed by atoms with Crippen LogP contribution >= 0.6 is 23.1 Å². The van der Waals surface area contributed by atoms with Crippen LogP contribution in [-0.2, 0) is 0 Å². The third-order valence-corrected chi connectivity index (χ3v) is 20.2. The fraction of sp³-hybridized carbons (Fsp3) is 0.238. The van der Waals surface area contributed by atoms with E-state index < -0.39 is 23.1 Å². The lowest BCUT2D eigenvalue weighted by Gasteiger charge is -2.31. The van der Waals surface area contributed by atoms with E-state index in [1.54, 1.807) is 5.30 Å². The van der Waals surface area contributed by atoms with Gasteiger partial charge in [0.15, 0.2) is 0 Å². The molecule has 0 amide bonds. The van der Waals surface area contributed by atoms with Crippen LogP contribution in [0.1, 0.15) is 33.6 Å². The number of hydrogen-bond donors (Lipinski definition) is 0. The van der Waals surface area contributed by atoms with E-state index in [0.717, 1.165) is 22.8 Å². The van der Waals surface area contributed by atoms with Gasteiger partial charge in [-0.15, -0.1) is 0 Å². The molecule has 1 fully saturated rings. The third kappa shape index (κ3) is 7.58. The Kier molecular flexibility index (Phi) is 11.3. The van der Waals surface area contributed by atoms with Crippen molar-refractivity contribution in [2.45, 2.75) is 44.9 Å². The van der Waals surface area contributed by atoms with E-state index in [1.807, 2.05) is 6.07 Å². The zero-order valence-electron chi connectivity index (χ0n) is 28.0. The molecule has 0 aliphatic carbocycles. The van der Waals surface area contributed by atoms with E-state index in [-0.39, 0.29) is 0 Å². The molecule has 5 aromatic rings. The van der Waals surface area contributed by atoms with Crippen molar-refractivity contribution in [3.8, 4) is 11.5 Å². The molecule has 0 N–H and O–H groups in total. The summed E-state index contributed by atoms with van der Waals surface area (Å²) in [6.45, 7) is 10.7. The SMILES string of the molecule is C/C=C\P(c1ccccc1)c1cccc(OCCOc2cccc(P(c3ccccc3)c3ccccc3[P+]3(C)[C@H](C)CC[C@H]3C)c2)c1. The average Bonchev–Trinajstić information content (AvgIpc) is 3.38. The van der Waals surface area contributed by atoms with E-state index in [1.165, 1.54) is 39.4 Å². The predicted molar refractivity (Wildman–Crippen MR) is 211 cm³/mol. The molecule has 1 saturated heterocycles. The molecule has 1 heterocycles. The van der Waals surface area contributed by atoms with Crippen molar-refractivity contribution >= 4 is 54.9 Å². The van der Waals surface area contributed by atoms with Crippen LogP contribution in [0.5, 0.6) is 11.5 Å². The first-order valence-corrected chi connectivity index (χ1v) is 21.8. The molecule has 0 bridgehead atoms. The van der Waals surface area contributed by atoms with Gasteiger partial charge < -0.3 is 9.47 Å². The molecule has 240 valence electrons. The van der Waals surface area contributed by atoms with E-state index in [2.05, 4.69) is 167 Å². The molecule has 5 heteroatoms. The fourth-order valence-electron chi connectivity index (χ4n) is 6.81. The molecule has 1 aliphatic rings. The highest BCUT2D eigenvalue weighted by Crippen LogP contribution is 2.69. The lowest BCUT2D eigenvalue weighted by molar-refractivity contribution is 0.217. The second kappa shape index (κ2) is 15.8. The summed E-state index contributed by atoms with van der Waals surface area (Å²) >= 11 is 0. The number of rotatable bonds is 12. The summed E-state index contributed by atoms with van der Waals surface area (Å²) in [7, 11) is -2.63. The van der Waals surface area contributed by atoms with Crippen molar-refractivity contribution in [3.63, 3.8) is 0 Å². The van der Waals surface area contributed by atoms with Gasteiger partial charge in [0.05, 0.1) is 25.2 Å². The van der Waals surface area contributed by atoms with Crippen molar-refractivity contribution in [1.82, 2.24) is 0 Å². The molecular formula is C42H46O2P3+. The zero-order chi connectivity index (χ0) is 32.6. The molecule has 2 unspecified atom stereocenters. The first kappa shape index (κ1) is 33.6. The Morgan fingerprint density at radius 2 is 1.13 bits per heavy atom. The molecule has 5 aromatic carbocycles. The highest BCUT2D eigenvalue weighted by molar-refractivity contribution is 7.87. The second-order valence-corrected chi connectivity index (χ2v) is 21.3. The van der Waals surface area contributed by atoms with Gasteiger partial charge in [0.2, 0.25) is 0 Å². The van der Waals surface area contributed by atoms with E-state index >= 15 is 0 Å². The van der Waals surface area contributed by atoms with Crippen LogP contribution in [0.15, 0.2) is 145 Å². The Hall–Kier alpha value is -3.27. The largest absolute Gasteiger partial charge is 0.490 e. The molecule has 2 nitrogen and oxygen atoms in total. The van der Waals surface area contributed by atoms with Crippen LogP contribution in [0.3, 0.4) is 0 Å². The molecule has 47 heavy (non-hydrogen) atoms. The maximum Gasteiger partial charge on any atom is 0.122 e. The summed E-state index contributed by atoms with van der Waals surface area (Å²) in [4.78, 5) is 0. The van der Waals surface area contributed by atoms with E-state index in [0.29, 0.717) is 13.2 Å². The number of allylic oxidation sites excluding steroid dienone is 1. The summed E-state index contributed by atoms with van der Waals surface area (Å²) in [6.07, 6.45) is 4.82. The summed E-state index contributed by atoms with van der Waals surface area (Å²) in [5.41, 5.74) is 1.52. The first-order chi connectivity index (χ1) is 23.0. The molecule has 0 saturated carbocycles. The first-order valence-electron chi connectivity index (χ1n) is 16.7. The standard InChI is InChI=1S/C42H46O2P3/c1-5-30-45(37-18-8-6-9-19-37)39-22-14-16-35(31-39)43-28-29-44-36-17-15-23-40(32-36)46(38-20-10-7-11-21-38)41-24-12-13-25-42(41)47(4)33(2)26-27-34(47)3/h5-25,30-34H,26-29H2,1-4H3/q+1/b30-5-/t33-,34-,45?,46?/m1/s1. The molecular weight excluding hydrogens is 629 g/mol. The maximum atomic E-state index is 6.35. The lowest BCUT2D eigenvalue weighted by atomic mass is 10.2. The van der Waals surface area contributed by atoms with E-state index in [4.69, 9.17) is 9.47 Å². The molecule has 1 aliphatic heterocycles. The molecule has 0 spiro atoms. The van der Waals surface area contributed by atoms with Crippen molar-refractivity contribution in [2.75, 3.05) is 19.9 Å². The molecule has 0 aromatic heterocycles. The third-order valence-electron chi connectivity index (χ3n) is 9.61.